The molecule has 0 bridgehead atoms. The van der Waals surface area contributed by atoms with Gasteiger partial charge >= 0.3 is 0 Å². The molecule has 0 atom stereocenters. The van der Waals surface area contributed by atoms with Crippen LogP contribution in [0.15, 0.2) is 5.38 Å². The highest BCUT2D eigenvalue weighted by Gasteiger charge is 1.97. The molecule has 0 fully saturated rings. The van der Waals surface area contributed by atoms with Gasteiger partial charge in [-0.1, -0.05) is 28.8 Å². The van der Waals surface area contributed by atoms with E-state index in [1.807, 2.05) is 6.92 Å². The first kappa shape index (κ1) is 14.1. The highest BCUT2D eigenvalue weighted by atomic mass is 79.9. The van der Waals surface area contributed by atoms with Gasteiger partial charge in [-0.05, 0) is 19.8 Å². The minimum atomic E-state index is 0.807. The van der Waals surface area contributed by atoms with Crippen LogP contribution >= 0.6 is 27.3 Å². The van der Waals surface area contributed by atoms with Crippen LogP contribution in [0.1, 0.15) is 36.4 Å². The number of halogens is 1. The summed E-state index contributed by atoms with van der Waals surface area (Å²) in [5, 5.41) is 4.39. The fourth-order valence-corrected chi connectivity index (χ4v) is 2.50. The van der Waals surface area contributed by atoms with Crippen LogP contribution in [0.25, 0.3) is 0 Å². The Bertz CT molecular complexity index is 278. The van der Waals surface area contributed by atoms with Crippen LogP contribution in [0, 0.1) is 6.92 Å². The molecule has 0 N–H and O–H groups in total. The Morgan fingerprint density at radius 2 is 2.06 bits per heavy atom. The molecule has 1 aromatic rings. The molecule has 0 saturated carbocycles. The summed E-state index contributed by atoms with van der Waals surface area (Å²) in [4.78, 5) is 4.40. The fourth-order valence-electron chi connectivity index (χ4n) is 1.45. The highest BCUT2D eigenvalue weighted by molar-refractivity contribution is 9.09. The molecule has 1 heterocycles. The lowest BCUT2D eigenvalue weighted by atomic mass is 10.2. The van der Waals surface area contributed by atoms with Gasteiger partial charge in [0.2, 0.25) is 0 Å². The summed E-state index contributed by atoms with van der Waals surface area (Å²) in [7, 11) is 0. The number of nitrogens with zero attached hydrogens (tertiary/aromatic N) is 1. The molecular formula is C12H20BrNOS. The van der Waals surface area contributed by atoms with E-state index in [2.05, 4.69) is 26.3 Å². The van der Waals surface area contributed by atoms with Crippen LogP contribution in [0.5, 0.6) is 0 Å². The Morgan fingerprint density at radius 1 is 1.25 bits per heavy atom. The minimum absolute atomic E-state index is 0.807. The Balaban J connectivity index is 1.88. The molecule has 2 nitrogen and oxygen atoms in total. The van der Waals surface area contributed by atoms with Crippen molar-refractivity contribution in [2.24, 2.45) is 0 Å². The zero-order valence-corrected chi connectivity index (χ0v) is 12.3. The highest BCUT2D eigenvalue weighted by Crippen LogP contribution is 2.08. The summed E-state index contributed by atoms with van der Waals surface area (Å²) in [6, 6.07) is 0. The lowest BCUT2D eigenvalue weighted by Gasteiger charge is -2.02. The number of hydrogen-bond donors (Lipinski definition) is 0. The number of aromatic nitrogens is 1. The molecule has 1 aromatic heterocycles. The van der Waals surface area contributed by atoms with Gasteiger partial charge in [0.25, 0.3) is 0 Å². The number of unbranched alkanes of at least 4 members (excludes halogenated alkanes) is 3. The van der Waals surface area contributed by atoms with Crippen LogP contribution in [0.2, 0.25) is 0 Å². The fraction of sp³-hybridized carbons (Fsp3) is 0.750. The first-order valence-electron chi connectivity index (χ1n) is 5.87. The van der Waals surface area contributed by atoms with Gasteiger partial charge in [-0.3, -0.25) is 0 Å². The van der Waals surface area contributed by atoms with Gasteiger partial charge in [-0.25, -0.2) is 4.98 Å². The van der Waals surface area contributed by atoms with E-state index in [4.69, 9.17) is 4.74 Å². The molecule has 1 rings (SSSR count). The van der Waals surface area contributed by atoms with Crippen molar-refractivity contribution in [1.29, 1.82) is 0 Å². The number of hydrogen-bond acceptors (Lipinski definition) is 3. The number of aryl methyl sites for hydroxylation is 1. The van der Waals surface area contributed by atoms with Crippen molar-refractivity contribution >= 4 is 27.3 Å². The number of thiazole rings is 1. The van der Waals surface area contributed by atoms with Crippen molar-refractivity contribution < 1.29 is 4.74 Å². The second-order valence-corrected chi connectivity index (χ2v) is 5.68. The molecule has 0 aromatic carbocycles. The molecule has 0 aliphatic heterocycles. The molecular weight excluding hydrogens is 286 g/mol. The first-order valence-corrected chi connectivity index (χ1v) is 7.88. The van der Waals surface area contributed by atoms with Crippen molar-refractivity contribution in [1.82, 2.24) is 4.98 Å². The van der Waals surface area contributed by atoms with Gasteiger partial charge in [0.15, 0.2) is 0 Å². The number of alkyl halides is 1. The van der Waals surface area contributed by atoms with Gasteiger partial charge in [0.05, 0.1) is 17.3 Å². The van der Waals surface area contributed by atoms with E-state index in [1.165, 1.54) is 31.4 Å². The summed E-state index contributed by atoms with van der Waals surface area (Å²) in [5.41, 5.74) is 1.17. The van der Waals surface area contributed by atoms with E-state index >= 15 is 0 Å². The van der Waals surface area contributed by atoms with Gasteiger partial charge < -0.3 is 4.74 Å². The van der Waals surface area contributed by atoms with E-state index in [9.17, 15) is 0 Å². The molecule has 16 heavy (non-hydrogen) atoms. The summed E-state index contributed by atoms with van der Waals surface area (Å²) < 4.78 is 5.58. The van der Waals surface area contributed by atoms with Crippen molar-refractivity contribution in [2.75, 3.05) is 18.5 Å². The largest absolute Gasteiger partial charge is 0.381 e. The van der Waals surface area contributed by atoms with Gasteiger partial charge in [0, 0.05) is 23.7 Å². The topological polar surface area (TPSA) is 22.1 Å². The maximum Gasteiger partial charge on any atom is 0.0897 e. The molecule has 0 aliphatic carbocycles. The minimum Gasteiger partial charge on any atom is -0.381 e. The third-order valence-corrected chi connectivity index (χ3v) is 3.72. The molecule has 92 valence electrons. The SMILES string of the molecule is Cc1nc(CCOCCCCCCBr)cs1. The molecule has 0 aliphatic rings. The van der Waals surface area contributed by atoms with E-state index < -0.39 is 0 Å². The molecule has 0 spiro atoms. The van der Waals surface area contributed by atoms with Gasteiger partial charge in [-0.15, -0.1) is 11.3 Å². The predicted molar refractivity (Wildman–Crippen MR) is 73.6 cm³/mol. The lowest BCUT2D eigenvalue weighted by Crippen LogP contribution is -2.00. The van der Waals surface area contributed by atoms with E-state index in [-0.39, 0.29) is 0 Å². The Morgan fingerprint density at radius 3 is 2.75 bits per heavy atom. The van der Waals surface area contributed by atoms with E-state index in [0.717, 1.165) is 30.0 Å². The summed E-state index contributed by atoms with van der Waals surface area (Å²) in [5.74, 6) is 0. The molecule has 0 radical (unpaired) electrons. The zero-order valence-electron chi connectivity index (χ0n) is 9.88. The second-order valence-electron chi connectivity index (χ2n) is 3.82. The summed E-state index contributed by atoms with van der Waals surface area (Å²) >= 11 is 5.14. The van der Waals surface area contributed by atoms with Crippen molar-refractivity contribution in [3.8, 4) is 0 Å². The van der Waals surface area contributed by atoms with Crippen LogP contribution in [0.4, 0.5) is 0 Å². The first-order chi connectivity index (χ1) is 7.83. The quantitative estimate of drug-likeness (QED) is 0.509. The van der Waals surface area contributed by atoms with Crippen LogP contribution in [-0.2, 0) is 11.2 Å². The summed E-state index contributed by atoms with van der Waals surface area (Å²) in [6.07, 6.45) is 5.99. The maximum absolute atomic E-state index is 5.58. The number of ether oxygens (including phenoxy) is 1. The molecule has 0 saturated heterocycles. The van der Waals surface area contributed by atoms with E-state index in [0.29, 0.717) is 0 Å². The number of rotatable bonds is 9. The third kappa shape index (κ3) is 6.61. The Kier molecular flexibility index (Phi) is 8.07. The molecule has 0 amide bonds. The normalized spacial score (nSPS) is 10.9. The molecule has 0 unspecified atom stereocenters. The van der Waals surface area contributed by atoms with Gasteiger partial charge in [-0.2, -0.15) is 0 Å². The molecule has 4 heteroatoms. The monoisotopic (exact) mass is 305 g/mol. The van der Waals surface area contributed by atoms with Crippen molar-refractivity contribution in [3.05, 3.63) is 16.1 Å². The standard InChI is InChI=1S/C12H20BrNOS/c1-11-14-12(10-16-11)6-9-15-8-5-3-2-4-7-13/h10H,2-9H2,1H3. The third-order valence-electron chi connectivity index (χ3n) is 2.34. The van der Waals surface area contributed by atoms with Crippen LogP contribution in [0.3, 0.4) is 0 Å². The zero-order chi connectivity index (χ0) is 11.6. The van der Waals surface area contributed by atoms with Crippen LogP contribution in [-0.4, -0.2) is 23.5 Å². The second kappa shape index (κ2) is 9.14. The maximum atomic E-state index is 5.58. The van der Waals surface area contributed by atoms with Gasteiger partial charge in [0.1, 0.15) is 0 Å². The Labute approximate surface area is 111 Å². The lowest BCUT2D eigenvalue weighted by molar-refractivity contribution is 0.132. The average Bonchev–Trinajstić information content (AvgIpc) is 2.68. The predicted octanol–water partition coefficient (Wildman–Crippen LogP) is 3.97. The van der Waals surface area contributed by atoms with Crippen molar-refractivity contribution in [2.45, 2.75) is 39.0 Å². The average molecular weight is 306 g/mol. The summed E-state index contributed by atoms with van der Waals surface area (Å²) in [6.45, 7) is 3.74. The van der Waals surface area contributed by atoms with E-state index in [1.54, 1.807) is 11.3 Å². The smallest absolute Gasteiger partial charge is 0.0897 e. The van der Waals surface area contributed by atoms with Crippen molar-refractivity contribution in [3.63, 3.8) is 0 Å². The Hall–Kier alpha value is 0.0700. The van der Waals surface area contributed by atoms with Crippen LogP contribution < -0.4 is 0 Å².